The molecule has 15 heavy (non-hydrogen) atoms. The summed E-state index contributed by atoms with van der Waals surface area (Å²) < 4.78 is 0. The van der Waals surface area contributed by atoms with E-state index in [1.54, 1.807) is 0 Å². The molecule has 0 saturated carbocycles. The summed E-state index contributed by atoms with van der Waals surface area (Å²) >= 11 is 0. The average Bonchev–Trinajstić information content (AvgIpc) is 2.25. The van der Waals surface area contributed by atoms with E-state index in [4.69, 9.17) is 5.11 Å². The van der Waals surface area contributed by atoms with Crippen molar-refractivity contribution in [2.24, 2.45) is 0 Å². The molecule has 2 unspecified atom stereocenters. The number of amides is 1. The maximum Gasteiger partial charge on any atom is 0.327 e. The molecule has 1 rings (SSSR count). The molecule has 0 spiro atoms. The Labute approximate surface area is 88.6 Å². The summed E-state index contributed by atoms with van der Waals surface area (Å²) in [6, 6.07) is -1.01. The van der Waals surface area contributed by atoms with E-state index >= 15 is 0 Å². The molecule has 0 aromatic carbocycles. The number of piperazine rings is 1. The van der Waals surface area contributed by atoms with E-state index in [1.165, 1.54) is 0 Å². The molecule has 2 atom stereocenters. The quantitative estimate of drug-likeness (QED) is 0.485. The second kappa shape index (κ2) is 5.67. The monoisotopic (exact) mass is 215 g/mol. The third-order valence-corrected chi connectivity index (χ3v) is 2.70. The summed E-state index contributed by atoms with van der Waals surface area (Å²) in [6.45, 7) is 5.03. The number of carboxylic acid groups (broad SMARTS) is 1. The Hall–Kier alpha value is -1.14. The summed E-state index contributed by atoms with van der Waals surface area (Å²) in [7, 11) is 0. The highest BCUT2D eigenvalue weighted by molar-refractivity contribution is 5.77. The number of nitrogens with zero attached hydrogens (tertiary/aromatic N) is 1. The minimum Gasteiger partial charge on any atom is -0.480 e. The molecular formula is C9H17N3O3. The number of rotatable bonds is 5. The number of aliphatic carboxylic acids is 1. The van der Waals surface area contributed by atoms with Gasteiger partial charge in [-0.05, 0) is 6.54 Å². The fourth-order valence-electron chi connectivity index (χ4n) is 1.91. The molecule has 1 fully saturated rings. The SMILES string of the molecule is CCN1CCNCC1C(NC=O)C(=O)O. The fourth-order valence-corrected chi connectivity index (χ4v) is 1.91. The zero-order valence-electron chi connectivity index (χ0n) is 8.77. The molecule has 86 valence electrons. The lowest BCUT2D eigenvalue weighted by atomic mass is 10.0. The third-order valence-electron chi connectivity index (χ3n) is 2.70. The zero-order chi connectivity index (χ0) is 11.3. The smallest absolute Gasteiger partial charge is 0.327 e. The fraction of sp³-hybridized carbons (Fsp3) is 0.778. The second-order valence-electron chi connectivity index (χ2n) is 3.50. The van der Waals surface area contributed by atoms with Gasteiger partial charge >= 0.3 is 5.97 Å². The Morgan fingerprint density at radius 3 is 3.07 bits per heavy atom. The highest BCUT2D eigenvalue weighted by Crippen LogP contribution is 2.07. The van der Waals surface area contributed by atoms with E-state index in [2.05, 4.69) is 15.5 Å². The molecule has 1 amide bonds. The first kappa shape index (κ1) is 11.9. The van der Waals surface area contributed by atoms with Gasteiger partial charge in [-0.3, -0.25) is 9.69 Å². The van der Waals surface area contributed by atoms with Crippen molar-refractivity contribution in [1.29, 1.82) is 0 Å². The van der Waals surface area contributed by atoms with Crippen molar-refractivity contribution in [1.82, 2.24) is 15.5 Å². The number of hydrogen-bond acceptors (Lipinski definition) is 4. The maximum atomic E-state index is 11.0. The topological polar surface area (TPSA) is 81.7 Å². The van der Waals surface area contributed by atoms with Crippen LogP contribution in [0.3, 0.4) is 0 Å². The van der Waals surface area contributed by atoms with Crippen molar-refractivity contribution in [2.45, 2.75) is 19.0 Å². The van der Waals surface area contributed by atoms with Crippen LogP contribution in [0.15, 0.2) is 0 Å². The summed E-state index contributed by atoms with van der Waals surface area (Å²) in [5, 5.41) is 14.5. The molecule has 6 heteroatoms. The lowest BCUT2D eigenvalue weighted by molar-refractivity contribution is -0.142. The summed E-state index contributed by atoms with van der Waals surface area (Å²) in [4.78, 5) is 23.4. The van der Waals surface area contributed by atoms with Gasteiger partial charge in [-0.2, -0.15) is 0 Å². The number of carboxylic acids is 1. The summed E-state index contributed by atoms with van der Waals surface area (Å²) in [5.41, 5.74) is 0. The molecular weight excluding hydrogens is 198 g/mol. The standard InChI is InChI=1S/C9H17N3O3/c1-2-12-4-3-10-5-7(12)8(9(14)15)11-6-13/h6-8,10H,2-5H2,1H3,(H,11,13)(H,14,15). The first-order valence-corrected chi connectivity index (χ1v) is 5.08. The molecule has 3 N–H and O–H groups in total. The van der Waals surface area contributed by atoms with E-state index in [0.717, 1.165) is 19.6 Å². The van der Waals surface area contributed by atoms with Gasteiger partial charge in [-0.15, -0.1) is 0 Å². The van der Waals surface area contributed by atoms with Crippen LogP contribution in [0.2, 0.25) is 0 Å². The number of carbonyl (C=O) groups is 2. The van der Waals surface area contributed by atoms with Crippen LogP contribution < -0.4 is 10.6 Å². The summed E-state index contributed by atoms with van der Waals surface area (Å²) in [6.07, 6.45) is 0.446. The molecule has 0 radical (unpaired) electrons. The number of hydrogen-bond donors (Lipinski definition) is 3. The minimum absolute atomic E-state index is 0.175. The van der Waals surface area contributed by atoms with Gasteiger partial charge in [0, 0.05) is 19.6 Å². The first-order chi connectivity index (χ1) is 7.20. The second-order valence-corrected chi connectivity index (χ2v) is 3.50. The van der Waals surface area contributed by atoms with Crippen LogP contribution in [0.4, 0.5) is 0 Å². The molecule has 1 saturated heterocycles. The molecule has 1 aliphatic rings. The predicted molar refractivity (Wildman–Crippen MR) is 54.5 cm³/mol. The van der Waals surface area contributed by atoms with Crippen molar-refractivity contribution < 1.29 is 14.7 Å². The Kier molecular flexibility index (Phi) is 4.51. The molecule has 0 aliphatic carbocycles. The van der Waals surface area contributed by atoms with Gasteiger partial charge in [0.2, 0.25) is 6.41 Å². The van der Waals surface area contributed by atoms with Gasteiger partial charge in [-0.25, -0.2) is 4.79 Å². The Morgan fingerprint density at radius 1 is 1.80 bits per heavy atom. The van der Waals surface area contributed by atoms with Crippen LogP contribution in [0.25, 0.3) is 0 Å². The van der Waals surface area contributed by atoms with Crippen molar-refractivity contribution in [3.05, 3.63) is 0 Å². The lowest BCUT2D eigenvalue weighted by Crippen LogP contribution is -2.61. The molecule has 1 heterocycles. The van der Waals surface area contributed by atoms with Crippen molar-refractivity contribution in [2.75, 3.05) is 26.2 Å². The largest absolute Gasteiger partial charge is 0.480 e. The van der Waals surface area contributed by atoms with Gasteiger partial charge < -0.3 is 15.7 Å². The highest BCUT2D eigenvalue weighted by atomic mass is 16.4. The molecule has 0 aromatic heterocycles. The predicted octanol–water partition coefficient (Wildman–Crippen LogP) is -1.52. The van der Waals surface area contributed by atoms with E-state index < -0.39 is 12.0 Å². The van der Waals surface area contributed by atoms with E-state index in [9.17, 15) is 9.59 Å². The summed E-state index contributed by atoms with van der Waals surface area (Å²) in [5.74, 6) is -0.991. The molecule has 6 nitrogen and oxygen atoms in total. The van der Waals surface area contributed by atoms with Gasteiger partial charge in [0.05, 0.1) is 6.04 Å². The van der Waals surface area contributed by atoms with Crippen LogP contribution in [0.5, 0.6) is 0 Å². The maximum absolute atomic E-state index is 11.0. The lowest BCUT2D eigenvalue weighted by Gasteiger charge is -2.38. The molecule has 0 aromatic rings. The Balaban J connectivity index is 2.69. The Morgan fingerprint density at radius 2 is 2.53 bits per heavy atom. The number of carbonyl (C=O) groups excluding carboxylic acids is 1. The highest BCUT2D eigenvalue weighted by Gasteiger charge is 2.33. The molecule has 0 bridgehead atoms. The third kappa shape index (κ3) is 2.90. The van der Waals surface area contributed by atoms with Gasteiger partial charge in [0.15, 0.2) is 0 Å². The van der Waals surface area contributed by atoms with E-state index in [1.807, 2.05) is 6.92 Å². The van der Waals surface area contributed by atoms with Crippen LogP contribution >= 0.6 is 0 Å². The van der Waals surface area contributed by atoms with Crippen LogP contribution in [-0.2, 0) is 9.59 Å². The Bertz CT molecular complexity index is 235. The minimum atomic E-state index is -0.991. The van der Waals surface area contributed by atoms with Crippen LogP contribution in [0.1, 0.15) is 6.92 Å². The van der Waals surface area contributed by atoms with Crippen LogP contribution in [0, 0.1) is 0 Å². The van der Waals surface area contributed by atoms with Crippen molar-refractivity contribution >= 4 is 12.4 Å². The first-order valence-electron chi connectivity index (χ1n) is 5.08. The van der Waals surface area contributed by atoms with Crippen LogP contribution in [-0.4, -0.2) is 60.6 Å². The van der Waals surface area contributed by atoms with E-state index in [0.29, 0.717) is 13.0 Å². The number of likely N-dealkylation sites (N-methyl/N-ethyl adjacent to an activating group) is 1. The average molecular weight is 215 g/mol. The normalized spacial score (nSPS) is 24.5. The van der Waals surface area contributed by atoms with Crippen molar-refractivity contribution in [3.63, 3.8) is 0 Å². The zero-order valence-corrected chi connectivity index (χ0v) is 8.77. The van der Waals surface area contributed by atoms with Gasteiger partial charge in [0.1, 0.15) is 6.04 Å². The van der Waals surface area contributed by atoms with Gasteiger partial charge in [-0.1, -0.05) is 6.92 Å². The van der Waals surface area contributed by atoms with Crippen molar-refractivity contribution in [3.8, 4) is 0 Å². The van der Waals surface area contributed by atoms with E-state index in [-0.39, 0.29) is 6.04 Å². The number of nitrogens with one attached hydrogen (secondary N) is 2. The van der Waals surface area contributed by atoms with Gasteiger partial charge in [0.25, 0.3) is 0 Å². The molecule has 1 aliphatic heterocycles.